The molecular weight excluding hydrogens is 280 g/mol. The minimum Gasteiger partial charge on any atom is -0.491 e. The van der Waals surface area contributed by atoms with Crippen LogP contribution in [0.3, 0.4) is 0 Å². The first-order chi connectivity index (χ1) is 10.3. The van der Waals surface area contributed by atoms with E-state index in [-0.39, 0.29) is 0 Å². The third-order valence-corrected chi connectivity index (χ3v) is 4.35. The molecule has 0 fully saturated rings. The third-order valence-electron chi connectivity index (χ3n) is 3.57. The molecule has 21 heavy (non-hydrogen) atoms. The first kappa shape index (κ1) is 13.8. The summed E-state index contributed by atoms with van der Waals surface area (Å²) in [5.41, 5.74) is 2.73. The molecule has 1 aliphatic rings. The highest BCUT2D eigenvalue weighted by atomic mass is 32.2. The van der Waals surface area contributed by atoms with Crippen molar-refractivity contribution in [2.45, 2.75) is 11.3 Å². The minimum absolute atomic E-state index is 0.706. The Hall–Kier alpha value is -2.12. The molecule has 0 amide bonds. The normalized spacial score (nSPS) is 13.8. The summed E-state index contributed by atoms with van der Waals surface area (Å²) < 4.78 is 5.80. The fourth-order valence-electron chi connectivity index (χ4n) is 2.60. The Labute approximate surface area is 129 Å². The molecule has 106 valence electrons. The van der Waals surface area contributed by atoms with Gasteiger partial charge in [-0.05, 0) is 36.9 Å². The lowest BCUT2D eigenvalue weighted by atomic mass is 10.1. The second-order valence-corrected chi connectivity index (χ2v) is 5.64. The molecule has 0 saturated carbocycles. The van der Waals surface area contributed by atoms with E-state index in [4.69, 9.17) is 4.74 Å². The van der Waals surface area contributed by atoms with E-state index in [0.29, 0.717) is 6.61 Å². The second kappa shape index (κ2) is 6.11. The summed E-state index contributed by atoms with van der Waals surface area (Å²) in [5.74, 6) is 0.883. The number of para-hydroxylation sites is 2. The van der Waals surface area contributed by atoms with Gasteiger partial charge in [-0.3, -0.25) is 0 Å². The van der Waals surface area contributed by atoms with Crippen molar-refractivity contribution in [3.8, 4) is 11.8 Å². The van der Waals surface area contributed by atoms with E-state index in [2.05, 4.69) is 11.0 Å². The van der Waals surface area contributed by atoms with E-state index in [9.17, 15) is 5.26 Å². The number of anilines is 2. The molecule has 0 radical (unpaired) electrons. The van der Waals surface area contributed by atoms with Crippen LogP contribution in [0.5, 0.6) is 5.75 Å². The summed E-state index contributed by atoms with van der Waals surface area (Å²) >= 11 is 1.60. The van der Waals surface area contributed by atoms with E-state index >= 15 is 0 Å². The van der Waals surface area contributed by atoms with Gasteiger partial charge in [0.05, 0.1) is 23.5 Å². The zero-order valence-electron chi connectivity index (χ0n) is 11.9. The number of nitriles is 1. The zero-order valence-corrected chi connectivity index (χ0v) is 12.7. The van der Waals surface area contributed by atoms with Crippen LogP contribution in [0.2, 0.25) is 0 Å². The maximum Gasteiger partial charge on any atom is 0.142 e. The monoisotopic (exact) mass is 296 g/mol. The minimum atomic E-state index is 0.706. The topological polar surface area (TPSA) is 36.3 Å². The van der Waals surface area contributed by atoms with Crippen LogP contribution in [0.4, 0.5) is 11.4 Å². The Balaban J connectivity index is 2.15. The van der Waals surface area contributed by atoms with Gasteiger partial charge in [0.15, 0.2) is 0 Å². The Morgan fingerprint density at radius 1 is 1.14 bits per heavy atom. The molecule has 2 aromatic carbocycles. The van der Waals surface area contributed by atoms with Gasteiger partial charge in [-0.1, -0.05) is 18.2 Å². The molecular formula is C17H16N2OS. The van der Waals surface area contributed by atoms with Crippen LogP contribution in [0.25, 0.3) is 0 Å². The van der Waals surface area contributed by atoms with Gasteiger partial charge in [-0.2, -0.15) is 5.26 Å². The maximum atomic E-state index is 9.56. The molecule has 3 rings (SSSR count). The highest BCUT2D eigenvalue weighted by molar-refractivity contribution is 7.98. The highest BCUT2D eigenvalue weighted by Crippen LogP contribution is 2.39. The van der Waals surface area contributed by atoms with Crippen molar-refractivity contribution < 1.29 is 4.74 Å². The number of thioether (sulfide) groups is 1. The lowest BCUT2D eigenvalue weighted by Gasteiger charge is -2.25. The average molecular weight is 296 g/mol. The van der Waals surface area contributed by atoms with Crippen LogP contribution in [-0.4, -0.2) is 19.4 Å². The predicted molar refractivity (Wildman–Crippen MR) is 86.5 cm³/mol. The largest absolute Gasteiger partial charge is 0.491 e. The van der Waals surface area contributed by atoms with Crippen molar-refractivity contribution >= 4 is 23.1 Å². The summed E-state index contributed by atoms with van der Waals surface area (Å²) in [5, 5.41) is 9.56. The number of benzene rings is 2. The molecule has 0 aromatic heterocycles. The first-order valence-corrected chi connectivity index (χ1v) is 8.14. The SMILES string of the molecule is CSc1cccc(N2CCCOc3ccccc32)c1C#N. The molecule has 0 saturated heterocycles. The Bertz CT molecular complexity index is 693. The van der Waals surface area contributed by atoms with Crippen molar-refractivity contribution in [3.05, 3.63) is 48.0 Å². The molecule has 3 nitrogen and oxygen atoms in total. The van der Waals surface area contributed by atoms with Gasteiger partial charge in [0.2, 0.25) is 0 Å². The number of fused-ring (bicyclic) bond motifs is 1. The predicted octanol–water partition coefficient (Wildman–Crippen LogP) is 4.20. The summed E-state index contributed by atoms with van der Waals surface area (Å²) in [6, 6.07) is 16.4. The second-order valence-electron chi connectivity index (χ2n) is 4.79. The van der Waals surface area contributed by atoms with E-state index in [1.807, 2.05) is 48.7 Å². The Kier molecular flexibility index (Phi) is 4.03. The quantitative estimate of drug-likeness (QED) is 0.778. The average Bonchev–Trinajstić information content (AvgIpc) is 2.76. The lowest BCUT2D eigenvalue weighted by Crippen LogP contribution is -2.19. The molecule has 1 heterocycles. The Morgan fingerprint density at radius 2 is 1.95 bits per heavy atom. The summed E-state index contributed by atoms with van der Waals surface area (Å²) in [6.45, 7) is 1.56. The van der Waals surface area contributed by atoms with E-state index in [1.165, 1.54) is 0 Å². The van der Waals surface area contributed by atoms with Gasteiger partial charge >= 0.3 is 0 Å². The van der Waals surface area contributed by atoms with Gasteiger partial charge < -0.3 is 9.64 Å². The van der Waals surface area contributed by atoms with Crippen LogP contribution in [-0.2, 0) is 0 Å². The molecule has 0 N–H and O–H groups in total. The molecule has 0 atom stereocenters. The lowest BCUT2D eigenvalue weighted by molar-refractivity contribution is 0.322. The zero-order chi connectivity index (χ0) is 14.7. The number of nitrogens with zero attached hydrogens (tertiary/aromatic N) is 2. The molecule has 1 aliphatic heterocycles. The molecule has 2 aromatic rings. The highest BCUT2D eigenvalue weighted by Gasteiger charge is 2.20. The summed E-state index contributed by atoms with van der Waals surface area (Å²) in [6.07, 6.45) is 2.93. The van der Waals surface area contributed by atoms with Crippen molar-refractivity contribution in [1.82, 2.24) is 0 Å². The van der Waals surface area contributed by atoms with Crippen molar-refractivity contribution in [2.75, 3.05) is 24.3 Å². The molecule has 0 spiro atoms. The maximum absolute atomic E-state index is 9.56. The third kappa shape index (κ3) is 2.57. The van der Waals surface area contributed by atoms with Gasteiger partial charge in [-0.15, -0.1) is 11.8 Å². The van der Waals surface area contributed by atoms with Gasteiger partial charge in [0.1, 0.15) is 11.8 Å². The molecule has 0 bridgehead atoms. The first-order valence-electron chi connectivity index (χ1n) is 6.91. The van der Waals surface area contributed by atoms with E-state index in [0.717, 1.165) is 40.5 Å². The smallest absolute Gasteiger partial charge is 0.142 e. The molecule has 0 unspecified atom stereocenters. The number of ether oxygens (including phenoxy) is 1. The molecule has 4 heteroatoms. The number of hydrogen-bond donors (Lipinski definition) is 0. The molecule has 0 aliphatic carbocycles. The summed E-state index contributed by atoms with van der Waals surface area (Å²) in [4.78, 5) is 3.21. The number of rotatable bonds is 2. The van der Waals surface area contributed by atoms with Gasteiger partial charge in [0, 0.05) is 11.4 Å². The fraction of sp³-hybridized carbons (Fsp3) is 0.235. The van der Waals surface area contributed by atoms with E-state index < -0.39 is 0 Å². The summed E-state index contributed by atoms with van der Waals surface area (Å²) in [7, 11) is 0. The van der Waals surface area contributed by atoms with Gasteiger partial charge in [0.25, 0.3) is 0 Å². The van der Waals surface area contributed by atoms with Crippen LogP contribution in [0.1, 0.15) is 12.0 Å². The van der Waals surface area contributed by atoms with Crippen molar-refractivity contribution in [1.29, 1.82) is 5.26 Å². The van der Waals surface area contributed by atoms with Crippen LogP contribution < -0.4 is 9.64 Å². The van der Waals surface area contributed by atoms with Crippen LogP contribution >= 0.6 is 11.8 Å². The van der Waals surface area contributed by atoms with Crippen LogP contribution in [0, 0.1) is 11.3 Å². The Morgan fingerprint density at radius 3 is 2.76 bits per heavy atom. The number of hydrogen-bond acceptors (Lipinski definition) is 4. The van der Waals surface area contributed by atoms with Crippen molar-refractivity contribution in [2.24, 2.45) is 0 Å². The van der Waals surface area contributed by atoms with E-state index in [1.54, 1.807) is 11.8 Å². The standard InChI is InChI=1S/C17H16N2OS/c1-21-17-9-4-7-14(13(17)12-18)19-10-5-11-20-16-8-3-2-6-15(16)19/h2-4,6-9H,5,10-11H2,1H3. The van der Waals surface area contributed by atoms with Gasteiger partial charge in [-0.25, -0.2) is 0 Å². The van der Waals surface area contributed by atoms with Crippen LogP contribution in [0.15, 0.2) is 47.4 Å². The van der Waals surface area contributed by atoms with Crippen molar-refractivity contribution in [3.63, 3.8) is 0 Å². The fourth-order valence-corrected chi connectivity index (χ4v) is 3.17.